The number of hydrogen-bond donors (Lipinski definition) is 1. The molecule has 8 heteroatoms. The van der Waals surface area contributed by atoms with Crippen LogP contribution in [-0.4, -0.2) is 27.5 Å². The van der Waals surface area contributed by atoms with E-state index in [0.717, 1.165) is 11.8 Å². The molecular formula is C22H20F2N4O2. The second-order valence-electron chi connectivity index (χ2n) is 7.44. The number of nitrogens with one attached hydrogen (secondary N) is 1. The molecule has 154 valence electrons. The molecule has 2 heterocycles. The van der Waals surface area contributed by atoms with E-state index in [2.05, 4.69) is 20.3 Å². The van der Waals surface area contributed by atoms with Gasteiger partial charge in [-0.15, -0.1) is 0 Å². The van der Waals surface area contributed by atoms with Crippen molar-refractivity contribution in [2.75, 3.05) is 11.9 Å². The van der Waals surface area contributed by atoms with E-state index in [-0.39, 0.29) is 30.1 Å². The van der Waals surface area contributed by atoms with Gasteiger partial charge in [0.05, 0.1) is 23.5 Å². The molecule has 4 rings (SSSR count). The minimum atomic E-state index is -0.915. The summed E-state index contributed by atoms with van der Waals surface area (Å²) in [6.45, 7) is 3.65. The molecule has 6 nitrogen and oxygen atoms in total. The molecule has 2 unspecified atom stereocenters. The van der Waals surface area contributed by atoms with Gasteiger partial charge in [-0.3, -0.25) is 4.79 Å². The Bertz CT molecular complexity index is 1090. The average molecular weight is 410 g/mol. The van der Waals surface area contributed by atoms with E-state index in [1.807, 2.05) is 0 Å². The average Bonchev–Trinajstić information content (AvgIpc) is 3.45. The third kappa shape index (κ3) is 3.98. The van der Waals surface area contributed by atoms with E-state index in [1.165, 1.54) is 24.3 Å². The molecule has 1 aromatic carbocycles. The molecule has 0 spiro atoms. The summed E-state index contributed by atoms with van der Waals surface area (Å²) in [5.74, 6) is -0.0544. The highest BCUT2D eigenvalue weighted by Gasteiger charge is 2.61. The van der Waals surface area contributed by atoms with Gasteiger partial charge >= 0.3 is 0 Å². The molecule has 30 heavy (non-hydrogen) atoms. The topological polar surface area (TPSA) is 77.0 Å². The normalized spacial score (nSPS) is 19.9. The van der Waals surface area contributed by atoms with Crippen LogP contribution in [0.25, 0.3) is 0 Å². The molecule has 0 saturated heterocycles. The van der Waals surface area contributed by atoms with E-state index in [1.54, 1.807) is 32.2 Å². The zero-order valence-corrected chi connectivity index (χ0v) is 16.5. The molecule has 1 amide bonds. The Labute approximate surface area is 172 Å². The Morgan fingerprint density at radius 3 is 2.70 bits per heavy atom. The summed E-state index contributed by atoms with van der Waals surface area (Å²) in [4.78, 5) is 25.5. The number of nitrogens with zero attached hydrogens (tertiary/aromatic N) is 3. The summed E-state index contributed by atoms with van der Waals surface area (Å²) in [6.07, 6.45) is 3.09. The number of carbonyl (C=O) groups is 1. The summed E-state index contributed by atoms with van der Waals surface area (Å²) >= 11 is 0. The van der Waals surface area contributed by atoms with Crippen LogP contribution < -0.4 is 10.1 Å². The maximum Gasteiger partial charge on any atom is 0.235 e. The second-order valence-corrected chi connectivity index (χ2v) is 7.44. The number of aryl methyl sites for hydroxylation is 2. The number of hydrogen-bond acceptors (Lipinski definition) is 5. The first-order valence-corrected chi connectivity index (χ1v) is 9.49. The molecule has 1 aliphatic rings. The van der Waals surface area contributed by atoms with Crippen LogP contribution in [0.3, 0.4) is 0 Å². The third-order valence-corrected chi connectivity index (χ3v) is 5.29. The van der Waals surface area contributed by atoms with Gasteiger partial charge in [-0.05, 0) is 50.1 Å². The Morgan fingerprint density at radius 2 is 2.00 bits per heavy atom. The predicted molar refractivity (Wildman–Crippen MR) is 106 cm³/mol. The number of pyridine rings is 1. The molecule has 1 fully saturated rings. The fourth-order valence-electron chi connectivity index (χ4n) is 3.55. The van der Waals surface area contributed by atoms with Gasteiger partial charge in [-0.1, -0.05) is 12.1 Å². The summed E-state index contributed by atoms with van der Waals surface area (Å²) in [5.41, 5.74) is 0.472. The fourth-order valence-corrected chi connectivity index (χ4v) is 3.55. The van der Waals surface area contributed by atoms with Crippen molar-refractivity contribution in [2.24, 2.45) is 5.41 Å². The van der Waals surface area contributed by atoms with Crippen LogP contribution in [0.4, 0.5) is 14.6 Å². The molecule has 2 aromatic heterocycles. The quantitative estimate of drug-likeness (QED) is 0.666. The molecule has 0 radical (unpaired) electrons. The van der Waals surface area contributed by atoms with Crippen molar-refractivity contribution in [3.8, 4) is 5.75 Å². The molecule has 3 aromatic rings. The first-order valence-electron chi connectivity index (χ1n) is 9.49. The van der Waals surface area contributed by atoms with E-state index in [0.29, 0.717) is 23.7 Å². The minimum absolute atomic E-state index is 0.0640. The molecule has 1 saturated carbocycles. The van der Waals surface area contributed by atoms with Crippen LogP contribution in [0.5, 0.6) is 5.75 Å². The van der Waals surface area contributed by atoms with E-state index in [9.17, 15) is 13.6 Å². The number of amides is 1. The highest BCUT2D eigenvalue weighted by Crippen LogP contribution is 2.60. The summed E-state index contributed by atoms with van der Waals surface area (Å²) < 4.78 is 32.8. The zero-order valence-electron chi connectivity index (χ0n) is 16.5. The van der Waals surface area contributed by atoms with Crippen molar-refractivity contribution < 1.29 is 18.3 Å². The number of benzene rings is 1. The van der Waals surface area contributed by atoms with Crippen molar-refractivity contribution in [1.82, 2.24) is 15.0 Å². The third-order valence-electron chi connectivity index (χ3n) is 5.29. The molecule has 0 bridgehead atoms. The van der Waals surface area contributed by atoms with Crippen LogP contribution in [0, 0.1) is 30.9 Å². The lowest BCUT2D eigenvalue weighted by molar-refractivity contribution is -0.122. The number of rotatable bonds is 6. The Hall–Kier alpha value is -3.42. The molecule has 1 N–H and O–H groups in total. The first kappa shape index (κ1) is 19.9. The van der Waals surface area contributed by atoms with E-state index in [4.69, 9.17) is 4.74 Å². The number of carbonyl (C=O) groups excluding carboxylic acids is 1. The van der Waals surface area contributed by atoms with Gasteiger partial charge in [-0.2, -0.15) is 0 Å². The smallest absolute Gasteiger partial charge is 0.235 e. The predicted octanol–water partition coefficient (Wildman–Crippen LogP) is 3.96. The molecule has 2 atom stereocenters. The largest absolute Gasteiger partial charge is 0.489 e. The SMILES string of the molecule is Cc1ncc(OCC2(C(=O)Nc3ccc(F)cn3)CC2c2cccc(F)c2)c(C)n1. The monoisotopic (exact) mass is 410 g/mol. The van der Waals surface area contributed by atoms with Crippen LogP contribution >= 0.6 is 0 Å². The van der Waals surface area contributed by atoms with Gasteiger partial charge in [0, 0.05) is 5.92 Å². The van der Waals surface area contributed by atoms with Gasteiger partial charge in [0.25, 0.3) is 0 Å². The van der Waals surface area contributed by atoms with Crippen LogP contribution in [0.1, 0.15) is 29.4 Å². The summed E-state index contributed by atoms with van der Waals surface area (Å²) in [7, 11) is 0. The van der Waals surface area contributed by atoms with Gasteiger partial charge in [0.1, 0.15) is 29.9 Å². The maximum absolute atomic E-state index is 13.7. The van der Waals surface area contributed by atoms with Crippen LogP contribution in [0.2, 0.25) is 0 Å². The Kier molecular flexibility index (Phi) is 5.15. The summed E-state index contributed by atoms with van der Waals surface area (Å²) in [6, 6.07) is 8.80. The highest BCUT2D eigenvalue weighted by molar-refractivity contribution is 5.98. The lowest BCUT2D eigenvalue weighted by atomic mass is 9.98. The molecular weight excluding hydrogens is 390 g/mol. The number of anilines is 1. The maximum atomic E-state index is 13.7. The highest BCUT2D eigenvalue weighted by atomic mass is 19.1. The van der Waals surface area contributed by atoms with Gasteiger partial charge < -0.3 is 10.1 Å². The zero-order chi connectivity index (χ0) is 21.3. The first-order chi connectivity index (χ1) is 14.4. The van der Waals surface area contributed by atoms with Gasteiger partial charge in [0.2, 0.25) is 5.91 Å². The van der Waals surface area contributed by atoms with Gasteiger partial charge in [-0.25, -0.2) is 23.7 Å². The second kappa shape index (κ2) is 7.78. The van der Waals surface area contributed by atoms with E-state index < -0.39 is 11.2 Å². The van der Waals surface area contributed by atoms with Crippen molar-refractivity contribution in [3.63, 3.8) is 0 Å². The Morgan fingerprint density at radius 1 is 1.17 bits per heavy atom. The van der Waals surface area contributed by atoms with Crippen LogP contribution in [-0.2, 0) is 4.79 Å². The lowest BCUT2D eigenvalue weighted by Crippen LogP contribution is -2.31. The standard InChI is InChI=1S/C22H20F2N4O2/c1-13-19(11-25-14(2)27-13)30-12-22(9-18(22)15-4-3-5-16(23)8-15)21(29)28-20-7-6-17(24)10-26-20/h3-8,10-11,18H,9,12H2,1-2H3,(H,26,28,29). The van der Waals surface area contributed by atoms with E-state index >= 15 is 0 Å². The lowest BCUT2D eigenvalue weighted by Gasteiger charge is -2.19. The molecule has 0 aliphatic heterocycles. The number of halogens is 2. The van der Waals surface area contributed by atoms with Crippen molar-refractivity contribution in [1.29, 1.82) is 0 Å². The minimum Gasteiger partial charge on any atom is -0.489 e. The summed E-state index contributed by atoms with van der Waals surface area (Å²) in [5, 5.41) is 2.72. The Balaban J connectivity index is 1.58. The number of ether oxygens (including phenoxy) is 1. The van der Waals surface area contributed by atoms with Crippen LogP contribution in [0.15, 0.2) is 48.8 Å². The van der Waals surface area contributed by atoms with Crippen molar-refractivity contribution in [2.45, 2.75) is 26.2 Å². The van der Waals surface area contributed by atoms with Gasteiger partial charge in [0.15, 0.2) is 5.75 Å². The van der Waals surface area contributed by atoms with Crippen molar-refractivity contribution in [3.05, 3.63) is 77.5 Å². The van der Waals surface area contributed by atoms with Crippen molar-refractivity contribution >= 4 is 11.7 Å². The number of aromatic nitrogens is 3. The molecule has 1 aliphatic carbocycles. The fraction of sp³-hybridized carbons (Fsp3) is 0.273.